The molecule has 11 heavy (non-hydrogen) atoms. The predicted molar refractivity (Wildman–Crippen MR) is 12.3 cm³/mol. The Morgan fingerprint density at radius 1 is 1.09 bits per heavy atom. The quantitative estimate of drug-likeness (QED) is 0.379. The van der Waals surface area contributed by atoms with E-state index in [-0.39, 0.29) is 37.7 Å². The summed E-state index contributed by atoms with van der Waals surface area (Å²) < 4.78 is 43.1. The molecular formula is H2Li2MnO7Si. The van der Waals surface area contributed by atoms with Gasteiger partial charge in [0.2, 0.25) is 0 Å². The number of rotatable bonds is 0. The molecule has 0 aromatic carbocycles. The van der Waals surface area contributed by atoms with E-state index in [1.54, 1.807) is 0 Å². The van der Waals surface area contributed by atoms with Crippen LogP contribution >= 0.6 is 0 Å². The molecule has 0 radical (unpaired) electrons. The first-order valence-corrected chi connectivity index (χ1v) is 4.50. The average molecular weight is 211 g/mol. The van der Waals surface area contributed by atoms with Crippen molar-refractivity contribution in [2.24, 2.45) is 0 Å². The summed E-state index contributed by atoms with van der Waals surface area (Å²) in [4.78, 5) is 14.3. The SMILES string of the molecule is O=[Si](O)O.[Li+].[Li+].[O]=[Mn](=[O])([O-])[O-]. The molecule has 0 fully saturated rings. The molecule has 0 saturated carbocycles. The van der Waals surface area contributed by atoms with Crippen molar-refractivity contribution in [2.75, 3.05) is 0 Å². The van der Waals surface area contributed by atoms with E-state index in [0.29, 0.717) is 0 Å². The van der Waals surface area contributed by atoms with Gasteiger partial charge in [-0.1, -0.05) is 0 Å². The van der Waals surface area contributed by atoms with Crippen LogP contribution in [-0.4, -0.2) is 18.8 Å². The van der Waals surface area contributed by atoms with Crippen molar-refractivity contribution in [1.29, 1.82) is 0 Å². The molecule has 0 saturated heterocycles. The molecule has 0 spiro atoms. The van der Waals surface area contributed by atoms with Crippen LogP contribution in [0.15, 0.2) is 0 Å². The molecule has 0 amide bonds. The van der Waals surface area contributed by atoms with Crippen LogP contribution in [0.2, 0.25) is 0 Å². The molecule has 11 heteroatoms. The number of hydrogen-bond acceptors (Lipinski definition) is 5. The first-order chi connectivity index (χ1) is 3.73. The molecule has 0 heterocycles. The van der Waals surface area contributed by atoms with Gasteiger partial charge in [-0.05, 0) is 0 Å². The second kappa shape index (κ2) is 10.9. The standard InChI is InChI=1S/2Li.Mn.H2O3Si.4O/c;;;1-4(2)3;;;;/h;;;1-2H;;;;/q2*+1;;;;;2*-1. The van der Waals surface area contributed by atoms with Crippen molar-refractivity contribution in [3.8, 4) is 0 Å². The average Bonchev–Trinajstić information content (AvgIpc) is 1.19. The first kappa shape index (κ1) is 22.6. The minimum absolute atomic E-state index is 0. The molecule has 0 unspecified atom stereocenters. The Bertz CT molecular complexity index is 159. The van der Waals surface area contributed by atoms with Gasteiger partial charge in [0.05, 0.1) is 0 Å². The third-order valence-electron chi connectivity index (χ3n) is 0. The summed E-state index contributed by atoms with van der Waals surface area (Å²) in [5, 5.41) is 0. The zero-order chi connectivity index (χ0) is 8.08. The van der Waals surface area contributed by atoms with Crippen LogP contribution in [-0.2, 0) is 25.5 Å². The molecule has 0 aliphatic heterocycles. The van der Waals surface area contributed by atoms with Crippen molar-refractivity contribution in [3.63, 3.8) is 0 Å². The predicted octanol–water partition coefficient (Wildman–Crippen LogP) is -10.2. The van der Waals surface area contributed by atoms with E-state index < -0.39 is 22.5 Å². The second-order valence-corrected chi connectivity index (χ2v) is 2.41. The normalized spacial score (nSPS) is 7.45. The summed E-state index contributed by atoms with van der Waals surface area (Å²) in [5.41, 5.74) is 0. The fourth-order valence-electron chi connectivity index (χ4n) is 0. The molecule has 0 aromatic rings. The molecule has 57 valence electrons. The second-order valence-electron chi connectivity index (χ2n) is 0.661. The van der Waals surface area contributed by atoms with Crippen LogP contribution in [0.25, 0.3) is 0 Å². The Kier molecular flexibility index (Phi) is 22.3. The van der Waals surface area contributed by atoms with Gasteiger partial charge >= 0.3 is 76.3 Å². The molecule has 7 nitrogen and oxygen atoms in total. The molecule has 0 bridgehead atoms. The minimum atomic E-state index is -5.62. The zero-order valence-electron chi connectivity index (χ0n) is 5.81. The molecule has 0 aromatic heterocycles. The number of hydrogen-bond donors (Lipinski definition) is 2. The van der Waals surface area contributed by atoms with Crippen molar-refractivity contribution < 1.29 is 81.2 Å². The maximum atomic E-state index is 8.74. The van der Waals surface area contributed by atoms with Crippen LogP contribution in [0, 0.1) is 0 Å². The monoisotopic (exact) mass is 211 g/mol. The van der Waals surface area contributed by atoms with E-state index in [1.807, 2.05) is 0 Å². The topological polar surface area (TPSA) is 138 Å². The Hall–Kier alpha value is 0.851. The maximum absolute atomic E-state index is 8.74. The van der Waals surface area contributed by atoms with E-state index in [0.717, 1.165) is 0 Å². The van der Waals surface area contributed by atoms with Gasteiger partial charge in [0.15, 0.2) is 0 Å². The first-order valence-electron chi connectivity index (χ1n) is 1.27. The van der Waals surface area contributed by atoms with Crippen molar-refractivity contribution in [1.82, 2.24) is 0 Å². The summed E-state index contributed by atoms with van der Waals surface area (Å²) in [6, 6.07) is 0. The summed E-state index contributed by atoms with van der Waals surface area (Å²) in [7, 11) is -3.13. The van der Waals surface area contributed by atoms with Crippen LogP contribution in [0.5, 0.6) is 0 Å². The fraction of sp³-hybridized carbons (Fsp3) is 0. The van der Waals surface area contributed by atoms with Gasteiger partial charge in [-0.25, -0.2) is 0 Å². The van der Waals surface area contributed by atoms with Gasteiger partial charge in [-0.3, -0.25) is 4.46 Å². The van der Waals surface area contributed by atoms with Gasteiger partial charge in [0, 0.05) is 0 Å². The molecule has 2 N–H and O–H groups in total. The van der Waals surface area contributed by atoms with Crippen molar-refractivity contribution in [3.05, 3.63) is 0 Å². The van der Waals surface area contributed by atoms with Gasteiger partial charge in [-0.2, -0.15) is 0 Å². The van der Waals surface area contributed by atoms with Crippen molar-refractivity contribution in [2.45, 2.75) is 0 Å². The summed E-state index contributed by atoms with van der Waals surface area (Å²) in [6.07, 6.45) is 0. The summed E-state index contributed by atoms with van der Waals surface area (Å²) in [6.45, 7) is 0. The molecule has 0 atom stereocenters. The van der Waals surface area contributed by atoms with E-state index >= 15 is 0 Å². The van der Waals surface area contributed by atoms with Gasteiger partial charge < -0.3 is 9.59 Å². The van der Waals surface area contributed by atoms with E-state index in [4.69, 9.17) is 30.1 Å². The van der Waals surface area contributed by atoms with Gasteiger partial charge in [0.1, 0.15) is 0 Å². The van der Waals surface area contributed by atoms with Crippen LogP contribution < -0.4 is 46.1 Å². The fourth-order valence-corrected chi connectivity index (χ4v) is 0. The molecular weight excluding hydrogens is 209 g/mol. The Labute approximate surface area is 90.0 Å². The van der Waals surface area contributed by atoms with Crippen LogP contribution in [0.3, 0.4) is 0 Å². The van der Waals surface area contributed by atoms with Gasteiger partial charge in [0.25, 0.3) is 0 Å². The van der Waals surface area contributed by atoms with Crippen molar-refractivity contribution >= 4 is 9.17 Å². The third-order valence-corrected chi connectivity index (χ3v) is 0. The summed E-state index contributed by atoms with van der Waals surface area (Å²) in [5.74, 6) is 0. The Morgan fingerprint density at radius 2 is 1.09 bits per heavy atom. The molecule has 0 rings (SSSR count). The van der Waals surface area contributed by atoms with Gasteiger partial charge in [-0.15, -0.1) is 0 Å². The van der Waals surface area contributed by atoms with E-state index in [2.05, 4.69) is 0 Å². The molecule has 0 aliphatic rings. The van der Waals surface area contributed by atoms with Crippen LogP contribution in [0.1, 0.15) is 0 Å². The van der Waals surface area contributed by atoms with E-state index in [9.17, 15) is 0 Å². The molecule has 0 aliphatic carbocycles. The summed E-state index contributed by atoms with van der Waals surface area (Å²) >= 11 is -5.62. The van der Waals surface area contributed by atoms with E-state index in [1.165, 1.54) is 0 Å². The Morgan fingerprint density at radius 3 is 1.09 bits per heavy atom. The van der Waals surface area contributed by atoms with Crippen LogP contribution in [0.4, 0.5) is 0 Å². The third kappa shape index (κ3) is 1170. The zero-order valence-corrected chi connectivity index (χ0v) is 7.99. The Balaban J connectivity index is -0.0000000383.